The van der Waals surface area contributed by atoms with Crippen molar-refractivity contribution in [1.82, 2.24) is 19.5 Å². The normalized spacial score (nSPS) is 10.9. The van der Waals surface area contributed by atoms with Gasteiger partial charge in [0.05, 0.1) is 5.56 Å². The molecule has 5 nitrogen and oxygen atoms in total. The number of pyridine rings is 1. The number of thioether (sulfide) groups is 2. The van der Waals surface area contributed by atoms with E-state index in [9.17, 15) is 5.26 Å². The van der Waals surface area contributed by atoms with Crippen molar-refractivity contribution in [3.63, 3.8) is 0 Å². The fraction of sp³-hybridized carbons (Fsp3) is 0.368. The molecule has 0 aliphatic carbocycles. The Balaban J connectivity index is 2.02. The summed E-state index contributed by atoms with van der Waals surface area (Å²) in [6.45, 7) is 5.06. The van der Waals surface area contributed by atoms with Crippen molar-refractivity contribution in [2.24, 2.45) is 0 Å². The maximum atomic E-state index is 9.86. The second kappa shape index (κ2) is 9.93. The van der Waals surface area contributed by atoms with Gasteiger partial charge in [-0.2, -0.15) is 17.0 Å². The molecule has 3 aromatic heterocycles. The number of nitrogens with zero attached hydrogens (tertiary/aromatic N) is 5. The van der Waals surface area contributed by atoms with Crippen molar-refractivity contribution in [3.05, 3.63) is 35.6 Å². The van der Waals surface area contributed by atoms with Gasteiger partial charge in [0.25, 0.3) is 0 Å². The zero-order chi connectivity index (χ0) is 19.1. The van der Waals surface area contributed by atoms with Crippen LogP contribution in [0.1, 0.15) is 32.3 Å². The molecular weight excluding hydrogens is 394 g/mol. The van der Waals surface area contributed by atoms with E-state index in [0.29, 0.717) is 5.56 Å². The molecule has 0 N–H and O–H groups in total. The summed E-state index contributed by atoms with van der Waals surface area (Å²) in [6.07, 6.45) is 7.90. The molecule has 0 aliphatic heterocycles. The van der Waals surface area contributed by atoms with Crippen LogP contribution in [-0.4, -0.2) is 30.4 Å². The van der Waals surface area contributed by atoms with Gasteiger partial charge in [-0.3, -0.25) is 0 Å². The highest BCUT2D eigenvalue weighted by Gasteiger charge is 2.19. The minimum atomic E-state index is 0.595. The Morgan fingerprint density at radius 3 is 2.85 bits per heavy atom. The maximum Gasteiger partial charge on any atom is 0.141 e. The van der Waals surface area contributed by atoms with Crippen LogP contribution in [-0.2, 0) is 6.54 Å². The lowest BCUT2D eigenvalue weighted by molar-refractivity contribution is 0.770. The first kappa shape index (κ1) is 19.9. The van der Waals surface area contributed by atoms with E-state index in [0.717, 1.165) is 44.5 Å². The number of aromatic nitrogens is 4. The molecule has 0 aliphatic rings. The second-order valence-electron chi connectivity index (χ2n) is 5.75. The summed E-state index contributed by atoms with van der Waals surface area (Å²) < 4.78 is 2.05. The van der Waals surface area contributed by atoms with Gasteiger partial charge >= 0.3 is 0 Å². The first-order chi connectivity index (χ1) is 13.3. The highest BCUT2D eigenvalue weighted by atomic mass is 32.2. The predicted octanol–water partition coefficient (Wildman–Crippen LogP) is 5.54. The molecule has 0 atom stereocenters. The fourth-order valence-corrected chi connectivity index (χ4v) is 5.39. The molecule has 140 valence electrons. The van der Waals surface area contributed by atoms with Gasteiger partial charge in [-0.1, -0.05) is 25.1 Å². The molecular formula is C19H21N5S3. The lowest BCUT2D eigenvalue weighted by atomic mass is 10.1. The van der Waals surface area contributed by atoms with Crippen molar-refractivity contribution in [2.45, 2.75) is 38.3 Å². The molecule has 0 spiro atoms. The lowest BCUT2D eigenvalue weighted by Crippen LogP contribution is -2.01. The van der Waals surface area contributed by atoms with Crippen LogP contribution in [0, 0.1) is 11.3 Å². The van der Waals surface area contributed by atoms with Crippen LogP contribution < -0.4 is 0 Å². The Labute approximate surface area is 172 Å². The predicted molar refractivity (Wildman–Crippen MR) is 115 cm³/mol. The summed E-state index contributed by atoms with van der Waals surface area (Å²) in [5.74, 6) is 1.93. The Kier molecular flexibility index (Phi) is 7.33. The molecule has 0 unspecified atom stereocenters. The number of unbranched alkanes of at least 4 members (excludes halogenated alkanes) is 1. The number of hydrogen-bond acceptors (Lipinski definition) is 7. The quantitative estimate of drug-likeness (QED) is 0.259. The smallest absolute Gasteiger partial charge is 0.141 e. The third-order valence-electron chi connectivity index (χ3n) is 3.97. The summed E-state index contributed by atoms with van der Waals surface area (Å²) in [5.41, 5.74) is 2.22. The minimum Gasteiger partial charge on any atom is -0.331 e. The van der Waals surface area contributed by atoms with Gasteiger partial charge in [0.1, 0.15) is 27.6 Å². The van der Waals surface area contributed by atoms with Crippen molar-refractivity contribution in [1.29, 1.82) is 5.26 Å². The van der Waals surface area contributed by atoms with Gasteiger partial charge in [-0.25, -0.2) is 15.0 Å². The van der Waals surface area contributed by atoms with Gasteiger partial charge in [0.15, 0.2) is 0 Å². The van der Waals surface area contributed by atoms with E-state index in [4.69, 9.17) is 4.98 Å². The Morgan fingerprint density at radius 2 is 2.15 bits per heavy atom. The molecule has 3 rings (SSSR count). The summed E-state index contributed by atoms with van der Waals surface area (Å²) >= 11 is 5.06. The topological polar surface area (TPSA) is 67.4 Å². The average molecular weight is 416 g/mol. The van der Waals surface area contributed by atoms with Gasteiger partial charge in [-0.15, -0.1) is 11.3 Å². The largest absolute Gasteiger partial charge is 0.331 e. The van der Waals surface area contributed by atoms with Crippen molar-refractivity contribution < 1.29 is 0 Å². The first-order valence-corrected chi connectivity index (χ1v) is 11.9. The van der Waals surface area contributed by atoms with Gasteiger partial charge in [0, 0.05) is 41.2 Å². The molecule has 0 saturated carbocycles. The number of nitriles is 1. The summed E-state index contributed by atoms with van der Waals surface area (Å²) in [5, 5.41) is 14.3. The lowest BCUT2D eigenvalue weighted by Gasteiger charge is -2.12. The Bertz CT molecular complexity index is 912. The second-order valence-corrected chi connectivity index (χ2v) is 9.07. The maximum absolute atomic E-state index is 9.86. The Morgan fingerprint density at radius 1 is 1.26 bits per heavy atom. The van der Waals surface area contributed by atoms with E-state index in [-0.39, 0.29) is 0 Å². The van der Waals surface area contributed by atoms with Gasteiger partial charge in [0.2, 0.25) is 0 Å². The molecule has 3 aromatic rings. The number of hydrogen-bond donors (Lipinski definition) is 0. The van der Waals surface area contributed by atoms with Gasteiger partial charge < -0.3 is 4.57 Å². The first-order valence-electron chi connectivity index (χ1n) is 8.85. The molecule has 0 saturated heterocycles. The summed E-state index contributed by atoms with van der Waals surface area (Å²) in [4.78, 5) is 13.7. The molecule has 3 heterocycles. The highest BCUT2D eigenvalue weighted by molar-refractivity contribution is 8.15. The number of aryl methyl sites for hydroxylation is 1. The van der Waals surface area contributed by atoms with E-state index < -0.39 is 0 Å². The van der Waals surface area contributed by atoms with Crippen LogP contribution >= 0.6 is 34.9 Å². The minimum absolute atomic E-state index is 0.595. The molecule has 0 bridgehead atoms. The van der Waals surface area contributed by atoms with Crippen LogP contribution in [0.25, 0.3) is 22.1 Å². The molecule has 0 amide bonds. The van der Waals surface area contributed by atoms with E-state index in [1.807, 2.05) is 34.0 Å². The van der Waals surface area contributed by atoms with E-state index in [2.05, 4.69) is 29.9 Å². The molecule has 8 heteroatoms. The monoisotopic (exact) mass is 415 g/mol. The van der Waals surface area contributed by atoms with Crippen LogP contribution in [0.2, 0.25) is 0 Å². The molecule has 0 radical (unpaired) electrons. The Hall–Kier alpha value is -1.82. The van der Waals surface area contributed by atoms with Crippen molar-refractivity contribution in [3.8, 4) is 28.2 Å². The molecule has 0 fully saturated rings. The van der Waals surface area contributed by atoms with E-state index in [1.165, 1.54) is 12.8 Å². The van der Waals surface area contributed by atoms with E-state index >= 15 is 0 Å². The molecule has 27 heavy (non-hydrogen) atoms. The SMILES string of the molecule is CCCCSCSc1nc(-c2nccs2)cc(-c2nccn2CC)c1C#N. The third-order valence-corrected chi connectivity index (χ3v) is 7.05. The number of rotatable bonds is 9. The zero-order valence-electron chi connectivity index (χ0n) is 15.4. The standard InChI is InChI=1S/C19H21N5S3/c1-3-5-9-25-13-27-18-15(12-20)14(17-21-6-8-24(17)4-2)11-16(23-18)19-22-7-10-26-19/h6-8,10-11H,3-5,9,13H2,1-2H3. The van der Waals surface area contributed by atoms with Crippen molar-refractivity contribution in [2.75, 3.05) is 10.8 Å². The summed E-state index contributed by atoms with van der Waals surface area (Å²) in [6, 6.07) is 4.31. The van der Waals surface area contributed by atoms with Crippen molar-refractivity contribution >= 4 is 34.9 Å². The van der Waals surface area contributed by atoms with Crippen LogP contribution in [0.4, 0.5) is 0 Å². The van der Waals surface area contributed by atoms with Crippen LogP contribution in [0.5, 0.6) is 0 Å². The van der Waals surface area contributed by atoms with Crippen LogP contribution in [0.3, 0.4) is 0 Å². The fourth-order valence-electron chi connectivity index (χ4n) is 2.58. The molecule has 0 aromatic carbocycles. The zero-order valence-corrected chi connectivity index (χ0v) is 17.8. The summed E-state index contributed by atoms with van der Waals surface area (Å²) in [7, 11) is 0. The average Bonchev–Trinajstić information content (AvgIpc) is 3.38. The number of imidazole rings is 1. The third kappa shape index (κ3) is 4.72. The highest BCUT2D eigenvalue weighted by Crippen LogP contribution is 2.35. The van der Waals surface area contributed by atoms with Gasteiger partial charge in [-0.05, 0) is 25.2 Å². The van der Waals surface area contributed by atoms with Crippen LogP contribution in [0.15, 0.2) is 35.1 Å². The van der Waals surface area contributed by atoms with E-state index in [1.54, 1.807) is 35.5 Å². The number of thiazole rings is 1.